The molecule has 3 nitrogen and oxygen atoms in total. The Hall–Kier alpha value is -1.65. The van der Waals surface area contributed by atoms with Crippen molar-refractivity contribution >= 4 is 29.3 Å². The SMILES string of the molecule is C.C=CCN(C)Cc1nc(C)c(CN)c(-c2ccc(Cl)cc2Cl)c1C=C. The van der Waals surface area contributed by atoms with Gasteiger partial charge in [-0.2, -0.15) is 0 Å². The Morgan fingerprint density at radius 1 is 1.27 bits per heavy atom. The molecule has 0 radical (unpaired) electrons. The van der Waals surface area contributed by atoms with E-state index >= 15 is 0 Å². The van der Waals surface area contributed by atoms with Crippen molar-refractivity contribution in [2.75, 3.05) is 13.6 Å². The molecule has 1 aromatic carbocycles. The van der Waals surface area contributed by atoms with Gasteiger partial charge in [0.2, 0.25) is 0 Å². The Bertz CT molecular complexity index is 800. The summed E-state index contributed by atoms with van der Waals surface area (Å²) in [6.45, 7) is 11.6. The second kappa shape index (κ2) is 9.89. The maximum Gasteiger partial charge on any atom is 0.0625 e. The van der Waals surface area contributed by atoms with Gasteiger partial charge in [0.15, 0.2) is 0 Å². The first-order valence-corrected chi connectivity index (χ1v) is 8.78. The third-order valence-electron chi connectivity index (χ3n) is 4.09. The second-order valence-electron chi connectivity index (χ2n) is 5.93. The van der Waals surface area contributed by atoms with Crippen LogP contribution in [0.3, 0.4) is 0 Å². The summed E-state index contributed by atoms with van der Waals surface area (Å²) in [5, 5.41) is 1.18. The van der Waals surface area contributed by atoms with E-state index in [1.165, 1.54) is 0 Å². The number of hydrogen-bond donors (Lipinski definition) is 1. The lowest BCUT2D eigenvalue weighted by molar-refractivity contribution is 0.358. The Morgan fingerprint density at radius 3 is 2.50 bits per heavy atom. The normalized spacial score (nSPS) is 10.5. The van der Waals surface area contributed by atoms with Crippen molar-refractivity contribution in [3.63, 3.8) is 0 Å². The number of nitrogens with two attached hydrogens (primary N) is 1. The summed E-state index contributed by atoms with van der Waals surface area (Å²) < 4.78 is 0. The van der Waals surface area contributed by atoms with Crippen molar-refractivity contribution in [1.82, 2.24) is 9.88 Å². The van der Waals surface area contributed by atoms with Gasteiger partial charge in [-0.15, -0.1) is 6.58 Å². The average molecular weight is 392 g/mol. The smallest absolute Gasteiger partial charge is 0.0625 e. The molecule has 0 aliphatic heterocycles. The number of pyridine rings is 1. The molecule has 0 spiro atoms. The highest BCUT2D eigenvalue weighted by Crippen LogP contribution is 2.37. The van der Waals surface area contributed by atoms with Crippen LogP contribution in [0.25, 0.3) is 17.2 Å². The number of nitrogens with zero attached hydrogens (tertiary/aromatic N) is 2. The molecule has 0 atom stereocenters. The number of halogens is 2. The van der Waals surface area contributed by atoms with Crippen molar-refractivity contribution < 1.29 is 0 Å². The van der Waals surface area contributed by atoms with Crippen molar-refractivity contribution in [3.8, 4) is 11.1 Å². The molecule has 0 bridgehead atoms. The van der Waals surface area contributed by atoms with E-state index in [2.05, 4.69) is 18.1 Å². The van der Waals surface area contributed by atoms with E-state index in [0.29, 0.717) is 23.1 Å². The fourth-order valence-electron chi connectivity index (χ4n) is 2.95. The predicted octanol–water partition coefficient (Wildman–Crippen LogP) is 5.72. The molecule has 2 aromatic rings. The van der Waals surface area contributed by atoms with Crippen LogP contribution in [-0.4, -0.2) is 23.5 Å². The first-order valence-electron chi connectivity index (χ1n) is 8.02. The highest BCUT2D eigenvalue weighted by molar-refractivity contribution is 6.36. The van der Waals surface area contributed by atoms with Crippen LogP contribution >= 0.6 is 23.2 Å². The summed E-state index contributed by atoms with van der Waals surface area (Å²) in [7, 11) is 2.03. The van der Waals surface area contributed by atoms with E-state index in [1.807, 2.05) is 38.3 Å². The predicted molar refractivity (Wildman–Crippen MR) is 116 cm³/mol. The van der Waals surface area contributed by atoms with Gasteiger partial charge in [0.05, 0.1) is 5.69 Å². The molecule has 0 aliphatic carbocycles. The quantitative estimate of drug-likeness (QED) is 0.613. The van der Waals surface area contributed by atoms with E-state index in [9.17, 15) is 0 Å². The summed E-state index contributed by atoms with van der Waals surface area (Å²) in [4.78, 5) is 6.91. The van der Waals surface area contributed by atoms with E-state index in [0.717, 1.165) is 40.2 Å². The maximum atomic E-state index is 6.48. The maximum absolute atomic E-state index is 6.48. The number of rotatable bonds is 7. The van der Waals surface area contributed by atoms with Crippen molar-refractivity contribution in [2.24, 2.45) is 5.73 Å². The second-order valence-corrected chi connectivity index (χ2v) is 6.77. The minimum atomic E-state index is 0. The average Bonchev–Trinajstić information content (AvgIpc) is 2.55. The van der Waals surface area contributed by atoms with Crippen LogP contribution in [0, 0.1) is 6.92 Å². The Kier molecular flexibility index (Phi) is 8.51. The number of aromatic nitrogens is 1. The van der Waals surface area contributed by atoms with Crippen LogP contribution in [0.2, 0.25) is 10.0 Å². The van der Waals surface area contributed by atoms with Crippen LogP contribution < -0.4 is 5.73 Å². The molecule has 140 valence electrons. The Labute approximate surface area is 167 Å². The minimum Gasteiger partial charge on any atom is -0.326 e. The zero-order valence-corrected chi connectivity index (χ0v) is 16.2. The molecule has 0 fully saturated rings. The van der Waals surface area contributed by atoms with Gasteiger partial charge >= 0.3 is 0 Å². The molecule has 0 saturated carbocycles. The summed E-state index contributed by atoms with van der Waals surface area (Å²) in [6, 6.07) is 5.49. The molecule has 0 saturated heterocycles. The van der Waals surface area contributed by atoms with E-state index < -0.39 is 0 Å². The fraction of sp³-hybridized carbons (Fsp3) is 0.286. The van der Waals surface area contributed by atoms with Crippen LogP contribution in [0.5, 0.6) is 0 Å². The summed E-state index contributed by atoms with van der Waals surface area (Å²) in [5.41, 5.74) is 11.6. The molecule has 2 rings (SSSR count). The van der Waals surface area contributed by atoms with Crippen LogP contribution in [-0.2, 0) is 13.1 Å². The van der Waals surface area contributed by atoms with E-state index in [4.69, 9.17) is 33.9 Å². The largest absolute Gasteiger partial charge is 0.326 e. The molecule has 1 heterocycles. The van der Waals surface area contributed by atoms with E-state index in [-0.39, 0.29) is 7.43 Å². The van der Waals surface area contributed by atoms with Gasteiger partial charge in [-0.3, -0.25) is 9.88 Å². The van der Waals surface area contributed by atoms with Crippen LogP contribution in [0.4, 0.5) is 0 Å². The van der Waals surface area contributed by atoms with Crippen LogP contribution in [0.15, 0.2) is 37.4 Å². The van der Waals surface area contributed by atoms with Gasteiger partial charge in [-0.1, -0.05) is 55.4 Å². The number of likely N-dealkylation sites (N-methyl/N-ethyl adjacent to an activating group) is 1. The highest BCUT2D eigenvalue weighted by atomic mass is 35.5. The molecule has 26 heavy (non-hydrogen) atoms. The molecule has 1 aromatic heterocycles. The molecule has 0 unspecified atom stereocenters. The van der Waals surface area contributed by atoms with Gasteiger partial charge in [-0.25, -0.2) is 0 Å². The lowest BCUT2D eigenvalue weighted by Crippen LogP contribution is -2.20. The molecule has 0 amide bonds. The molecule has 2 N–H and O–H groups in total. The summed E-state index contributed by atoms with van der Waals surface area (Å²) in [5.74, 6) is 0. The molecular formula is C21H27Cl2N3. The van der Waals surface area contributed by atoms with Crippen molar-refractivity contribution in [1.29, 1.82) is 0 Å². The fourth-order valence-corrected chi connectivity index (χ4v) is 3.45. The first-order chi connectivity index (χ1) is 11.9. The Morgan fingerprint density at radius 2 is 1.96 bits per heavy atom. The van der Waals surface area contributed by atoms with E-state index in [1.54, 1.807) is 6.07 Å². The zero-order chi connectivity index (χ0) is 18.6. The van der Waals surface area contributed by atoms with Gasteiger partial charge in [-0.05, 0) is 37.2 Å². The lowest BCUT2D eigenvalue weighted by Gasteiger charge is -2.22. The van der Waals surface area contributed by atoms with Gasteiger partial charge in [0, 0.05) is 46.5 Å². The third kappa shape index (κ3) is 4.74. The zero-order valence-electron chi connectivity index (χ0n) is 14.6. The first kappa shape index (κ1) is 22.4. The third-order valence-corrected chi connectivity index (χ3v) is 4.64. The number of benzene rings is 1. The van der Waals surface area contributed by atoms with Gasteiger partial charge in [0.1, 0.15) is 0 Å². The van der Waals surface area contributed by atoms with Gasteiger partial charge in [0.25, 0.3) is 0 Å². The summed E-state index contributed by atoms with van der Waals surface area (Å²) in [6.07, 6.45) is 3.69. The number of aryl methyl sites for hydroxylation is 1. The lowest BCUT2D eigenvalue weighted by atomic mass is 9.92. The highest BCUT2D eigenvalue weighted by Gasteiger charge is 2.19. The molecular weight excluding hydrogens is 365 g/mol. The van der Waals surface area contributed by atoms with Gasteiger partial charge < -0.3 is 5.73 Å². The Balaban J connectivity index is 0.00000338. The molecule has 0 aliphatic rings. The topological polar surface area (TPSA) is 42.2 Å². The molecule has 5 heteroatoms. The number of hydrogen-bond acceptors (Lipinski definition) is 3. The standard InChI is InChI=1S/C20H23Cl2N3.CH4/c1-5-9-25(4)12-19-15(6-2)20(17(11-23)13(3)24-19)16-8-7-14(21)10-18(16)22;/h5-8,10H,1-2,9,11-12,23H2,3-4H3;1H4. The summed E-state index contributed by atoms with van der Waals surface area (Å²) >= 11 is 12.5. The monoisotopic (exact) mass is 391 g/mol. The van der Waals surface area contributed by atoms with Crippen molar-refractivity contribution in [2.45, 2.75) is 27.4 Å². The van der Waals surface area contributed by atoms with Crippen molar-refractivity contribution in [3.05, 3.63) is 70.0 Å². The minimum absolute atomic E-state index is 0. The van der Waals surface area contributed by atoms with Crippen LogP contribution in [0.1, 0.15) is 29.9 Å².